The summed E-state index contributed by atoms with van der Waals surface area (Å²) in [6.45, 7) is 0.251. The Kier molecular flexibility index (Phi) is 5.17. The number of ether oxygens (including phenoxy) is 1. The van der Waals surface area contributed by atoms with Crippen LogP contribution >= 0.6 is 15.9 Å². The second kappa shape index (κ2) is 7.39. The molecule has 0 aliphatic heterocycles. The van der Waals surface area contributed by atoms with Crippen LogP contribution in [0.2, 0.25) is 0 Å². The molecule has 0 aliphatic rings. The Morgan fingerprint density at radius 3 is 2.48 bits per heavy atom. The van der Waals surface area contributed by atoms with Crippen LogP contribution in [0.3, 0.4) is 0 Å². The maximum atomic E-state index is 12.4. The Morgan fingerprint density at radius 2 is 1.85 bits per heavy atom. The lowest BCUT2D eigenvalue weighted by Gasteiger charge is -2.10. The van der Waals surface area contributed by atoms with E-state index in [1.165, 1.54) is 23.2 Å². The fourth-order valence-corrected chi connectivity index (χ4v) is 3.22. The monoisotopic (exact) mass is 435 g/mol. The van der Waals surface area contributed by atoms with Crippen LogP contribution in [0, 0.1) is 0 Å². The third-order valence-corrected chi connectivity index (χ3v) is 4.85. The number of amides is 1. The van der Waals surface area contributed by atoms with Gasteiger partial charge in [-0.05, 0) is 33.6 Å². The van der Waals surface area contributed by atoms with Crippen LogP contribution in [0.4, 0.5) is 0 Å². The molecule has 9 nitrogen and oxygen atoms in total. The van der Waals surface area contributed by atoms with Crippen molar-refractivity contribution in [2.45, 2.75) is 13.1 Å². The Balaban J connectivity index is 1.83. The van der Waals surface area contributed by atoms with E-state index in [0.29, 0.717) is 11.3 Å². The summed E-state index contributed by atoms with van der Waals surface area (Å²) in [5.74, 6) is 0.459. The highest BCUT2D eigenvalue weighted by molar-refractivity contribution is 9.10. The van der Waals surface area contributed by atoms with Crippen molar-refractivity contribution in [3.8, 4) is 5.75 Å². The van der Waals surface area contributed by atoms with E-state index in [1.54, 1.807) is 7.11 Å². The molecule has 0 spiro atoms. The highest BCUT2D eigenvalue weighted by atomic mass is 79.9. The van der Waals surface area contributed by atoms with Gasteiger partial charge in [-0.3, -0.25) is 23.3 Å². The number of carbonyl (C=O) groups is 1. The molecule has 0 fully saturated rings. The predicted molar refractivity (Wildman–Crippen MR) is 103 cm³/mol. The molecular weight excluding hydrogens is 418 g/mol. The molecule has 142 valence electrons. The number of carbonyl (C=O) groups excluding carboxylic acids is 1. The Hall–Kier alpha value is -2.88. The van der Waals surface area contributed by atoms with Crippen molar-refractivity contribution in [3.05, 3.63) is 55.4 Å². The zero-order valence-corrected chi connectivity index (χ0v) is 16.6. The van der Waals surface area contributed by atoms with Gasteiger partial charge in [0.2, 0.25) is 5.91 Å². The number of hydrogen-bond donors (Lipinski definition) is 1. The number of benzene rings is 1. The van der Waals surface area contributed by atoms with Gasteiger partial charge in [0, 0.05) is 20.6 Å². The quantitative estimate of drug-likeness (QED) is 0.588. The summed E-state index contributed by atoms with van der Waals surface area (Å²) >= 11 is 3.26. The van der Waals surface area contributed by atoms with Gasteiger partial charge in [-0.15, -0.1) is 0 Å². The number of imidazole rings is 1. The maximum Gasteiger partial charge on any atom is 0.332 e. The normalized spacial score (nSPS) is 11.0. The van der Waals surface area contributed by atoms with E-state index in [9.17, 15) is 14.4 Å². The minimum Gasteiger partial charge on any atom is -0.497 e. The van der Waals surface area contributed by atoms with Gasteiger partial charge < -0.3 is 10.1 Å². The van der Waals surface area contributed by atoms with Gasteiger partial charge in [0.25, 0.3) is 5.56 Å². The number of hydrogen-bond acceptors (Lipinski definition) is 5. The Morgan fingerprint density at radius 1 is 1.19 bits per heavy atom. The Bertz CT molecular complexity index is 1130. The minimum atomic E-state index is -0.508. The lowest BCUT2D eigenvalue weighted by molar-refractivity contribution is -0.121. The van der Waals surface area contributed by atoms with E-state index in [4.69, 9.17) is 4.74 Å². The Labute approximate surface area is 162 Å². The first-order chi connectivity index (χ1) is 12.8. The summed E-state index contributed by atoms with van der Waals surface area (Å²) in [7, 11) is 4.51. The van der Waals surface area contributed by atoms with Crippen LogP contribution in [-0.2, 0) is 32.0 Å². The third-order valence-electron chi connectivity index (χ3n) is 4.24. The summed E-state index contributed by atoms with van der Waals surface area (Å²) in [6, 6.07) is 7.34. The predicted octanol–water partition coefficient (Wildman–Crippen LogP) is 0.521. The van der Waals surface area contributed by atoms with Gasteiger partial charge in [0.1, 0.15) is 12.3 Å². The molecule has 2 heterocycles. The van der Waals surface area contributed by atoms with Crippen molar-refractivity contribution in [1.82, 2.24) is 24.0 Å². The molecule has 27 heavy (non-hydrogen) atoms. The van der Waals surface area contributed by atoms with Gasteiger partial charge in [-0.1, -0.05) is 12.1 Å². The highest BCUT2D eigenvalue weighted by Gasteiger charge is 2.19. The highest BCUT2D eigenvalue weighted by Crippen LogP contribution is 2.16. The van der Waals surface area contributed by atoms with E-state index < -0.39 is 11.2 Å². The molecule has 0 saturated carbocycles. The van der Waals surface area contributed by atoms with Crippen LogP contribution < -0.4 is 21.3 Å². The van der Waals surface area contributed by atoms with Gasteiger partial charge >= 0.3 is 5.69 Å². The number of fused-ring (bicyclic) bond motifs is 1. The number of rotatable bonds is 5. The summed E-state index contributed by atoms with van der Waals surface area (Å²) in [6.07, 6.45) is 0. The van der Waals surface area contributed by atoms with Crippen molar-refractivity contribution in [2.75, 3.05) is 7.11 Å². The van der Waals surface area contributed by atoms with E-state index in [0.717, 1.165) is 15.9 Å². The molecule has 1 amide bonds. The lowest BCUT2D eigenvalue weighted by atomic mass is 10.2. The topological polar surface area (TPSA) is 100 Å². The van der Waals surface area contributed by atoms with Gasteiger partial charge in [0.05, 0.1) is 7.11 Å². The lowest BCUT2D eigenvalue weighted by Crippen LogP contribution is -2.38. The summed E-state index contributed by atoms with van der Waals surface area (Å²) in [5.41, 5.74) is 0.329. The van der Waals surface area contributed by atoms with E-state index in [2.05, 4.69) is 26.2 Å². The molecule has 0 aliphatic carbocycles. The zero-order valence-electron chi connectivity index (χ0n) is 15.0. The summed E-state index contributed by atoms with van der Waals surface area (Å²) in [4.78, 5) is 41.0. The first-order valence-electron chi connectivity index (χ1n) is 8.05. The first-order valence-corrected chi connectivity index (χ1v) is 8.84. The first kappa shape index (κ1) is 18.9. The van der Waals surface area contributed by atoms with E-state index >= 15 is 0 Å². The fraction of sp³-hybridized carbons (Fsp3) is 0.294. The molecule has 0 unspecified atom stereocenters. The largest absolute Gasteiger partial charge is 0.497 e. The van der Waals surface area contributed by atoms with Crippen molar-refractivity contribution in [3.63, 3.8) is 0 Å². The fourth-order valence-electron chi connectivity index (χ4n) is 2.75. The molecule has 0 atom stereocenters. The molecule has 1 aromatic carbocycles. The molecular formula is C17H18BrN5O4. The SMILES string of the molecule is COc1ccc(CNC(=O)Cn2c(Br)nc3c(=O)n(C)c(=O)n(C)c32)cc1. The molecule has 0 saturated heterocycles. The van der Waals surface area contributed by atoms with Gasteiger partial charge in [0.15, 0.2) is 15.9 Å². The van der Waals surface area contributed by atoms with Crippen LogP contribution in [0.15, 0.2) is 38.6 Å². The van der Waals surface area contributed by atoms with Crippen LogP contribution in [0.5, 0.6) is 5.75 Å². The number of halogens is 1. The van der Waals surface area contributed by atoms with Crippen molar-refractivity contribution >= 4 is 33.0 Å². The van der Waals surface area contributed by atoms with Crippen molar-refractivity contribution in [1.29, 1.82) is 0 Å². The van der Waals surface area contributed by atoms with Crippen LogP contribution in [-0.4, -0.2) is 31.7 Å². The van der Waals surface area contributed by atoms with Crippen molar-refractivity contribution < 1.29 is 9.53 Å². The minimum absolute atomic E-state index is 0.0896. The summed E-state index contributed by atoms with van der Waals surface area (Å²) in [5, 5.41) is 2.81. The molecule has 10 heteroatoms. The van der Waals surface area contributed by atoms with Crippen LogP contribution in [0.25, 0.3) is 11.2 Å². The number of aryl methyl sites for hydroxylation is 1. The molecule has 2 aromatic heterocycles. The van der Waals surface area contributed by atoms with E-state index in [1.807, 2.05) is 24.3 Å². The average Bonchev–Trinajstić information content (AvgIpc) is 2.99. The molecule has 0 bridgehead atoms. The smallest absolute Gasteiger partial charge is 0.332 e. The summed E-state index contributed by atoms with van der Waals surface area (Å²) < 4.78 is 9.17. The molecule has 3 rings (SSSR count). The third kappa shape index (κ3) is 3.52. The van der Waals surface area contributed by atoms with Gasteiger partial charge in [-0.2, -0.15) is 0 Å². The van der Waals surface area contributed by atoms with Crippen LogP contribution in [0.1, 0.15) is 5.56 Å². The maximum absolute atomic E-state index is 12.4. The number of nitrogens with one attached hydrogen (secondary N) is 1. The number of methoxy groups -OCH3 is 1. The second-order valence-corrected chi connectivity index (χ2v) is 6.68. The zero-order chi connectivity index (χ0) is 19.7. The number of aromatic nitrogens is 4. The number of nitrogens with zero attached hydrogens (tertiary/aromatic N) is 4. The van der Waals surface area contributed by atoms with Gasteiger partial charge in [-0.25, -0.2) is 9.78 Å². The van der Waals surface area contributed by atoms with Crippen molar-refractivity contribution in [2.24, 2.45) is 14.1 Å². The molecule has 0 radical (unpaired) electrons. The standard InChI is InChI=1S/C17H18BrN5O4/c1-21-14-13(15(25)22(2)17(21)26)20-16(18)23(14)9-12(24)19-8-10-4-6-11(27-3)7-5-10/h4-7H,8-9H2,1-3H3,(H,19,24). The molecule has 1 N–H and O–H groups in total. The second-order valence-electron chi connectivity index (χ2n) is 5.97. The van der Waals surface area contributed by atoms with E-state index in [-0.39, 0.29) is 23.6 Å². The average molecular weight is 436 g/mol. The molecule has 3 aromatic rings.